The van der Waals surface area contributed by atoms with E-state index in [-0.39, 0.29) is 18.1 Å². The fourth-order valence-corrected chi connectivity index (χ4v) is 1.34. The Balaban J connectivity index is 2.60. The van der Waals surface area contributed by atoms with Crippen LogP contribution in [0.5, 0.6) is 0 Å². The van der Waals surface area contributed by atoms with Crippen LogP contribution in [0.2, 0.25) is 0 Å². The smallest absolute Gasteiger partial charge is 0.316 e. The van der Waals surface area contributed by atoms with E-state index in [1.54, 1.807) is 6.92 Å². The summed E-state index contributed by atoms with van der Waals surface area (Å²) >= 11 is 0. The molecule has 4 nitrogen and oxygen atoms in total. The van der Waals surface area contributed by atoms with Crippen molar-refractivity contribution in [2.45, 2.75) is 39.8 Å². The van der Waals surface area contributed by atoms with Gasteiger partial charge in [-0.2, -0.15) is 0 Å². The van der Waals surface area contributed by atoms with Gasteiger partial charge in [0, 0.05) is 6.04 Å². The van der Waals surface area contributed by atoms with Crippen molar-refractivity contribution >= 4 is 5.97 Å². The molecule has 0 aromatic rings. The van der Waals surface area contributed by atoms with Crippen molar-refractivity contribution in [1.29, 1.82) is 0 Å². The second-order valence-corrected chi connectivity index (χ2v) is 4.89. The molecule has 0 aromatic carbocycles. The van der Waals surface area contributed by atoms with Crippen molar-refractivity contribution in [2.24, 2.45) is 17.1 Å². The van der Waals surface area contributed by atoms with E-state index in [9.17, 15) is 4.79 Å². The van der Waals surface area contributed by atoms with Gasteiger partial charge < -0.3 is 15.2 Å². The first-order chi connectivity index (χ1) is 6.88. The first-order valence-corrected chi connectivity index (χ1v) is 5.42. The standard InChI is InChI=1S/C11H21NO3/c1-7(2)8(3)15-10(13)11(4)6-14-5-9(11)12/h7-9H,5-6,12H2,1-4H3. The lowest BCUT2D eigenvalue weighted by Gasteiger charge is -2.27. The van der Waals surface area contributed by atoms with Gasteiger partial charge in [0.2, 0.25) is 0 Å². The molecule has 1 heterocycles. The van der Waals surface area contributed by atoms with Gasteiger partial charge in [-0.3, -0.25) is 4.79 Å². The van der Waals surface area contributed by atoms with E-state index >= 15 is 0 Å². The van der Waals surface area contributed by atoms with Crippen LogP contribution in [0.3, 0.4) is 0 Å². The van der Waals surface area contributed by atoms with Gasteiger partial charge in [-0.1, -0.05) is 13.8 Å². The maximum Gasteiger partial charge on any atom is 0.316 e. The van der Waals surface area contributed by atoms with Crippen molar-refractivity contribution in [2.75, 3.05) is 13.2 Å². The molecule has 4 heteroatoms. The van der Waals surface area contributed by atoms with Gasteiger partial charge in [0.1, 0.15) is 11.5 Å². The Bertz CT molecular complexity index is 242. The minimum absolute atomic E-state index is 0.0814. The number of carbonyl (C=O) groups is 1. The lowest BCUT2D eigenvalue weighted by Crippen LogP contribution is -2.46. The van der Waals surface area contributed by atoms with Gasteiger partial charge >= 0.3 is 5.97 Å². The molecule has 3 unspecified atom stereocenters. The fourth-order valence-electron chi connectivity index (χ4n) is 1.34. The average Bonchev–Trinajstić information content (AvgIpc) is 2.48. The number of ether oxygens (including phenoxy) is 2. The highest BCUT2D eigenvalue weighted by molar-refractivity contribution is 5.78. The van der Waals surface area contributed by atoms with E-state index in [0.717, 1.165) is 0 Å². The zero-order chi connectivity index (χ0) is 11.6. The van der Waals surface area contributed by atoms with Gasteiger partial charge in [0.25, 0.3) is 0 Å². The quantitative estimate of drug-likeness (QED) is 0.712. The Morgan fingerprint density at radius 3 is 2.53 bits per heavy atom. The van der Waals surface area contributed by atoms with E-state index in [1.165, 1.54) is 0 Å². The molecule has 1 saturated heterocycles. The van der Waals surface area contributed by atoms with Gasteiger partial charge in [0.15, 0.2) is 0 Å². The summed E-state index contributed by atoms with van der Waals surface area (Å²) in [5.41, 5.74) is 5.16. The molecule has 1 rings (SSSR count). The molecule has 1 aliphatic rings. The third-order valence-corrected chi connectivity index (χ3v) is 3.22. The molecule has 0 bridgehead atoms. The summed E-state index contributed by atoms with van der Waals surface area (Å²) in [6, 6.07) is -0.260. The lowest BCUT2D eigenvalue weighted by molar-refractivity contribution is -0.162. The fraction of sp³-hybridized carbons (Fsp3) is 0.909. The van der Waals surface area contributed by atoms with Crippen LogP contribution in [0, 0.1) is 11.3 Å². The number of carbonyl (C=O) groups excluding carboxylic acids is 1. The van der Waals surface area contributed by atoms with Crippen LogP contribution in [0.1, 0.15) is 27.7 Å². The first-order valence-electron chi connectivity index (χ1n) is 5.42. The SMILES string of the molecule is CC(C)C(C)OC(=O)C1(C)COCC1N. The summed E-state index contributed by atoms with van der Waals surface area (Å²) in [6.07, 6.45) is -0.0814. The highest BCUT2D eigenvalue weighted by atomic mass is 16.6. The predicted octanol–water partition coefficient (Wildman–Crippen LogP) is 0.938. The number of esters is 1. The van der Waals surface area contributed by atoms with E-state index in [4.69, 9.17) is 15.2 Å². The molecule has 1 fully saturated rings. The molecule has 0 aromatic heterocycles. The minimum atomic E-state index is -0.677. The van der Waals surface area contributed by atoms with Crippen LogP contribution >= 0.6 is 0 Å². The largest absolute Gasteiger partial charge is 0.462 e. The second-order valence-electron chi connectivity index (χ2n) is 4.89. The Kier molecular flexibility index (Phi) is 3.73. The van der Waals surface area contributed by atoms with E-state index < -0.39 is 5.41 Å². The maximum atomic E-state index is 11.9. The molecule has 0 saturated carbocycles. The van der Waals surface area contributed by atoms with Gasteiger partial charge in [-0.15, -0.1) is 0 Å². The van der Waals surface area contributed by atoms with Crippen molar-refractivity contribution in [1.82, 2.24) is 0 Å². The normalized spacial score (nSPS) is 33.1. The van der Waals surface area contributed by atoms with E-state index in [0.29, 0.717) is 19.1 Å². The van der Waals surface area contributed by atoms with Crippen LogP contribution in [0.15, 0.2) is 0 Å². The number of nitrogens with two attached hydrogens (primary N) is 1. The molecule has 0 aliphatic carbocycles. The number of rotatable bonds is 3. The maximum absolute atomic E-state index is 11.9. The van der Waals surface area contributed by atoms with Gasteiger partial charge in [-0.25, -0.2) is 0 Å². The van der Waals surface area contributed by atoms with Crippen molar-refractivity contribution < 1.29 is 14.3 Å². The van der Waals surface area contributed by atoms with Crippen molar-refractivity contribution in [3.05, 3.63) is 0 Å². The van der Waals surface area contributed by atoms with Crippen LogP contribution < -0.4 is 5.73 Å². The molecular weight excluding hydrogens is 194 g/mol. The van der Waals surface area contributed by atoms with Crippen LogP contribution in [0.4, 0.5) is 0 Å². The predicted molar refractivity (Wildman–Crippen MR) is 57.3 cm³/mol. The summed E-state index contributed by atoms with van der Waals surface area (Å²) in [5, 5.41) is 0. The molecule has 1 aliphatic heterocycles. The summed E-state index contributed by atoms with van der Waals surface area (Å²) in [4.78, 5) is 11.9. The van der Waals surface area contributed by atoms with Crippen molar-refractivity contribution in [3.8, 4) is 0 Å². The lowest BCUT2D eigenvalue weighted by atomic mass is 9.86. The summed E-state index contributed by atoms with van der Waals surface area (Å²) in [7, 11) is 0. The third kappa shape index (κ3) is 2.49. The molecule has 0 spiro atoms. The highest BCUT2D eigenvalue weighted by Crippen LogP contribution is 2.29. The Labute approximate surface area is 91.1 Å². The Hall–Kier alpha value is -0.610. The van der Waals surface area contributed by atoms with E-state index in [1.807, 2.05) is 20.8 Å². The van der Waals surface area contributed by atoms with Crippen LogP contribution in [-0.2, 0) is 14.3 Å². The van der Waals surface area contributed by atoms with Gasteiger partial charge in [0.05, 0.1) is 13.2 Å². The average molecular weight is 215 g/mol. The minimum Gasteiger partial charge on any atom is -0.462 e. The molecule has 3 atom stereocenters. The topological polar surface area (TPSA) is 61.5 Å². The highest BCUT2D eigenvalue weighted by Gasteiger charge is 2.46. The van der Waals surface area contributed by atoms with E-state index in [2.05, 4.69) is 0 Å². The summed E-state index contributed by atoms with van der Waals surface area (Å²) in [5.74, 6) is 0.0739. The Morgan fingerprint density at radius 2 is 2.13 bits per heavy atom. The third-order valence-electron chi connectivity index (χ3n) is 3.22. The molecule has 15 heavy (non-hydrogen) atoms. The zero-order valence-corrected chi connectivity index (χ0v) is 9.95. The Morgan fingerprint density at radius 1 is 1.53 bits per heavy atom. The zero-order valence-electron chi connectivity index (χ0n) is 9.95. The van der Waals surface area contributed by atoms with Gasteiger partial charge in [-0.05, 0) is 19.8 Å². The molecule has 88 valence electrons. The number of hydrogen-bond donors (Lipinski definition) is 1. The first kappa shape index (κ1) is 12.5. The number of hydrogen-bond acceptors (Lipinski definition) is 4. The second kappa shape index (κ2) is 4.49. The van der Waals surface area contributed by atoms with Crippen molar-refractivity contribution in [3.63, 3.8) is 0 Å². The molecule has 0 amide bonds. The summed E-state index contributed by atoms with van der Waals surface area (Å²) < 4.78 is 10.6. The molecule has 2 N–H and O–H groups in total. The molecule has 0 radical (unpaired) electrons. The molecular formula is C11H21NO3. The monoisotopic (exact) mass is 215 g/mol. The van der Waals surface area contributed by atoms with Crippen LogP contribution in [0.25, 0.3) is 0 Å². The summed E-state index contributed by atoms with van der Waals surface area (Å²) in [6.45, 7) is 8.53. The van der Waals surface area contributed by atoms with Crippen LogP contribution in [-0.4, -0.2) is 31.3 Å².